The number of rotatable bonds is 6. The third-order valence-corrected chi connectivity index (χ3v) is 5.42. The summed E-state index contributed by atoms with van der Waals surface area (Å²) in [4.78, 5) is 2.99. The van der Waals surface area contributed by atoms with Gasteiger partial charge in [-0.05, 0) is 49.0 Å². The van der Waals surface area contributed by atoms with Gasteiger partial charge in [0.1, 0.15) is 5.75 Å². The number of hydrogen-bond acceptors (Lipinski definition) is 3. The molecule has 0 radical (unpaired) electrons. The van der Waals surface area contributed by atoms with E-state index >= 15 is 0 Å². The molecule has 4 heteroatoms. The van der Waals surface area contributed by atoms with E-state index in [1.165, 1.54) is 16.7 Å². The van der Waals surface area contributed by atoms with Gasteiger partial charge in [0.05, 0.1) is 7.11 Å². The molecule has 1 aromatic heterocycles. The van der Waals surface area contributed by atoms with Gasteiger partial charge < -0.3 is 20.1 Å². The van der Waals surface area contributed by atoms with Crippen LogP contribution in [0.15, 0.2) is 54.6 Å². The summed E-state index contributed by atoms with van der Waals surface area (Å²) in [5, 5.41) is 14.5. The Bertz CT molecular complexity index is 944. The Kier molecular flexibility index (Phi) is 5.16. The second-order valence-corrected chi connectivity index (χ2v) is 7.16. The van der Waals surface area contributed by atoms with Crippen LogP contribution < -0.4 is 10.1 Å². The number of aromatic nitrogens is 1. The number of ether oxygens (including phenoxy) is 1. The molecular weight excluding hydrogens is 336 g/mol. The summed E-state index contributed by atoms with van der Waals surface area (Å²) in [5.74, 6) is 1.09. The van der Waals surface area contributed by atoms with Crippen LogP contribution >= 0.6 is 0 Å². The lowest BCUT2D eigenvalue weighted by Crippen LogP contribution is -2.32. The first-order chi connectivity index (χ1) is 13.2. The van der Waals surface area contributed by atoms with E-state index in [1.807, 2.05) is 12.1 Å². The highest BCUT2D eigenvalue weighted by atomic mass is 16.5. The van der Waals surface area contributed by atoms with Crippen LogP contribution in [0.3, 0.4) is 0 Å². The van der Waals surface area contributed by atoms with Crippen LogP contribution in [-0.4, -0.2) is 29.8 Å². The maximum atomic E-state index is 9.80. The lowest BCUT2D eigenvalue weighted by Gasteiger charge is -2.25. The molecule has 1 aliphatic heterocycles. The zero-order valence-electron chi connectivity index (χ0n) is 15.7. The standard InChI is InChI=1S/C23H26N2O2/c1-27-22-11-10-21-20(15-23(26)25-21)19(22)9-5-8-18-14-17(12-13-24-18)16-6-3-2-4-7-16/h2-4,6-7,10-12,15,18,24-26H,5,8-9,13-14H2,1H3. The summed E-state index contributed by atoms with van der Waals surface area (Å²) in [7, 11) is 1.71. The molecule has 0 bridgehead atoms. The van der Waals surface area contributed by atoms with Gasteiger partial charge in [0.25, 0.3) is 0 Å². The van der Waals surface area contributed by atoms with Gasteiger partial charge in [-0.1, -0.05) is 36.4 Å². The molecule has 4 rings (SSSR count). The van der Waals surface area contributed by atoms with Crippen LogP contribution in [0.2, 0.25) is 0 Å². The first-order valence-corrected chi connectivity index (χ1v) is 9.60. The molecule has 0 amide bonds. The number of aromatic hydroxyl groups is 1. The highest BCUT2D eigenvalue weighted by Crippen LogP contribution is 2.32. The fraction of sp³-hybridized carbons (Fsp3) is 0.304. The van der Waals surface area contributed by atoms with Crippen molar-refractivity contribution in [3.8, 4) is 11.6 Å². The van der Waals surface area contributed by atoms with Gasteiger partial charge >= 0.3 is 0 Å². The van der Waals surface area contributed by atoms with Crippen LogP contribution in [0.25, 0.3) is 16.5 Å². The highest BCUT2D eigenvalue weighted by Gasteiger charge is 2.17. The molecule has 2 heterocycles. The lowest BCUT2D eigenvalue weighted by molar-refractivity contribution is 0.408. The van der Waals surface area contributed by atoms with Gasteiger partial charge in [-0.25, -0.2) is 0 Å². The summed E-state index contributed by atoms with van der Waals surface area (Å²) in [6.07, 6.45) is 6.48. The predicted molar refractivity (Wildman–Crippen MR) is 110 cm³/mol. The van der Waals surface area contributed by atoms with Crippen molar-refractivity contribution in [1.29, 1.82) is 0 Å². The Hall–Kier alpha value is -2.72. The van der Waals surface area contributed by atoms with Crippen LogP contribution in [-0.2, 0) is 6.42 Å². The Labute approximate surface area is 159 Å². The molecule has 1 atom stereocenters. The van der Waals surface area contributed by atoms with Crippen molar-refractivity contribution in [2.24, 2.45) is 0 Å². The minimum absolute atomic E-state index is 0.200. The molecular formula is C23H26N2O2. The number of nitrogens with one attached hydrogen (secondary N) is 2. The predicted octanol–water partition coefficient (Wildman–Crippen LogP) is 4.65. The molecule has 2 aromatic carbocycles. The second kappa shape index (κ2) is 7.89. The van der Waals surface area contributed by atoms with E-state index in [-0.39, 0.29) is 5.88 Å². The summed E-state index contributed by atoms with van der Waals surface area (Å²) in [6, 6.07) is 16.9. The third kappa shape index (κ3) is 3.86. The van der Waals surface area contributed by atoms with Crippen molar-refractivity contribution in [3.63, 3.8) is 0 Å². The summed E-state index contributed by atoms with van der Waals surface area (Å²) in [6.45, 7) is 0.930. The van der Waals surface area contributed by atoms with Crippen LogP contribution in [0.4, 0.5) is 0 Å². The monoisotopic (exact) mass is 362 g/mol. The van der Waals surface area contributed by atoms with Crippen molar-refractivity contribution in [2.45, 2.75) is 31.7 Å². The van der Waals surface area contributed by atoms with Gasteiger partial charge in [0.2, 0.25) is 0 Å². The topological polar surface area (TPSA) is 57.3 Å². The van der Waals surface area contributed by atoms with Gasteiger partial charge in [-0.3, -0.25) is 0 Å². The summed E-state index contributed by atoms with van der Waals surface area (Å²) in [5.41, 5.74) is 4.89. The Morgan fingerprint density at radius 1 is 1.15 bits per heavy atom. The number of fused-ring (bicyclic) bond motifs is 1. The number of methoxy groups -OCH3 is 1. The molecule has 0 fully saturated rings. The van der Waals surface area contributed by atoms with Crippen molar-refractivity contribution >= 4 is 16.5 Å². The van der Waals surface area contributed by atoms with Gasteiger partial charge in [-0.2, -0.15) is 0 Å². The van der Waals surface area contributed by atoms with Gasteiger partial charge in [0.15, 0.2) is 5.88 Å². The van der Waals surface area contributed by atoms with Crippen molar-refractivity contribution in [3.05, 3.63) is 65.7 Å². The molecule has 0 spiro atoms. The van der Waals surface area contributed by atoms with E-state index in [9.17, 15) is 5.11 Å². The SMILES string of the molecule is COc1ccc2[nH]c(O)cc2c1CCCC1CC(c2ccccc2)=CCN1. The molecule has 140 valence electrons. The molecule has 0 aliphatic carbocycles. The molecule has 0 saturated heterocycles. The molecule has 0 saturated carbocycles. The molecule has 1 unspecified atom stereocenters. The normalized spacial score (nSPS) is 17.1. The Balaban J connectivity index is 1.42. The Morgan fingerprint density at radius 3 is 2.81 bits per heavy atom. The first kappa shape index (κ1) is 17.7. The third-order valence-electron chi connectivity index (χ3n) is 5.42. The molecule has 3 aromatic rings. The molecule has 4 nitrogen and oxygen atoms in total. The smallest absolute Gasteiger partial charge is 0.189 e. The van der Waals surface area contributed by atoms with E-state index in [2.05, 4.69) is 46.7 Å². The van der Waals surface area contributed by atoms with E-state index in [4.69, 9.17) is 4.74 Å². The van der Waals surface area contributed by atoms with Crippen LogP contribution in [0.1, 0.15) is 30.4 Å². The number of hydrogen-bond donors (Lipinski definition) is 3. The summed E-state index contributed by atoms with van der Waals surface area (Å²) >= 11 is 0. The van der Waals surface area contributed by atoms with E-state index < -0.39 is 0 Å². The minimum atomic E-state index is 0.200. The fourth-order valence-corrected chi connectivity index (χ4v) is 4.07. The number of benzene rings is 2. The zero-order valence-corrected chi connectivity index (χ0v) is 15.7. The number of aromatic amines is 1. The minimum Gasteiger partial charge on any atom is -0.496 e. The van der Waals surface area contributed by atoms with Crippen molar-refractivity contribution < 1.29 is 9.84 Å². The average molecular weight is 362 g/mol. The zero-order chi connectivity index (χ0) is 18.6. The number of H-pyrrole nitrogens is 1. The van der Waals surface area contributed by atoms with Crippen LogP contribution in [0.5, 0.6) is 11.6 Å². The van der Waals surface area contributed by atoms with Gasteiger partial charge in [-0.15, -0.1) is 0 Å². The quantitative estimate of drug-likeness (QED) is 0.598. The van der Waals surface area contributed by atoms with Crippen LogP contribution in [0, 0.1) is 0 Å². The fourth-order valence-electron chi connectivity index (χ4n) is 4.07. The average Bonchev–Trinajstić information content (AvgIpc) is 3.09. The molecule has 1 aliphatic rings. The molecule has 3 N–H and O–H groups in total. The van der Waals surface area contributed by atoms with E-state index in [0.29, 0.717) is 6.04 Å². The van der Waals surface area contributed by atoms with E-state index in [1.54, 1.807) is 13.2 Å². The molecule has 27 heavy (non-hydrogen) atoms. The number of aryl methyl sites for hydroxylation is 1. The van der Waals surface area contributed by atoms with Crippen molar-refractivity contribution in [2.75, 3.05) is 13.7 Å². The maximum Gasteiger partial charge on any atom is 0.189 e. The van der Waals surface area contributed by atoms with Crippen molar-refractivity contribution in [1.82, 2.24) is 10.3 Å². The maximum absolute atomic E-state index is 9.80. The largest absolute Gasteiger partial charge is 0.496 e. The summed E-state index contributed by atoms with van der Waals surface area (Å²) < 4.78 is 5.56. The Morgan fingerprint density at radius 2 is 2.00 bits per heavy atom. The lowest BCUT2D eigenvalue weighted by atomic mass is 9.92. The highest BCUT2D eigenvalue weighted by molar-refractivity contribution is 5.87. The second-order valence-electron chi connectivity index (χ2n) is 7.16. The van der Waals surface area contributed by atoms with Gasteiger partial charge in [0, 0.05) is 35.1 Å². The van der Waals surface area contributed by atoms with E-state index in [0.717, 1.165) is 48.9 Å². The first-order valence-electron chi connectivity index (χ1n) is 9.60.